The largest absolute Gasteiger partial charge is 0.481 e. The maximum absolute atomic E-state index is 13.0. The average molecular weight is 477 g/mol. The van der Waals surface area contributed by atoms with Gasteiger partial charge in [-0.25, -0.2) is 9.78 Å². The first kappa shape index (κ1) is 24.0. The highest BCUT2D eigenvalue weighted by molar-refractivity contribution is 5.86. The number of benzene rings is 2. The van der Waals surface area contributed by atoms with Crippen LogP contribution in [0.4, 0.5) is 4.79 Å². The highest BCUT2D eigenvalue weighted by Crippen LogP contribution is 2.44. The minimum absolute atomic E-state index is 0.0390. The lowest BCUT2D eigenvalue weighted by Crippen LogP contribution is -2.49. The van der Waals surface area contributed by atoms with Gasteiger partial charge >= 0.3 is 12.1 Å². The molecule has 9 heteroatoms. The Kier molecular flexibility index (Phi) is 7.45. The van der Waals surface area contributed by atoms with Gasteiger partial charge < -0.3 is 25.0 Å². The number of H-pyrrole nitrogens is 1. The third kappa shape index (κ3) is 5.68. The van der Waals surface area contributed by atoms with Crippen LogP contribution in [0.3, 0.4) is 0 Å². The van der Waals surface area contributed by atoms with E-state index in [0.29, 0.717) is 12.1 Å². The summed E-state index contributed by atoms with van der Waals surface area (Å²) in [6, 6.07) is 15.2. The molecule has 0 spiro atoms. The summed E-state index contributed by atoms with van der Waals surface area (Å²) >= 11 is 0. The molecule has 1 atom stereocenters. The van der Waals surface area contributed by atoms with Crippen molar-refractivity contribution >= 4 is 18.0 Å². The van der Waals surface area contributed by atoms with Crippen molar-refractivity contribution in [2.75, 3.05) is 20.2 Å². The number of carbonyl (C=O) groups excluding carboxylic acids is 2. The first-order valence-corrected chi connectivity index (χ1v) is 11.5. The number of amides is 2. The van der Waals surface area contributed by atoms with E-state index in [0.717, 1.165) is 22.3 Å². The Bertz CT molecular complexity index is 1150. The van der Waals surface area contributed by atoms with Crippen LogP contribution in [0.2, 0.25) is 0 Å². The van der Waals surface area contributed by atoms with Gasteiger partial charge in [0.2, 0.25) is 5.91 Å². The van der Waals surface area contributed by atoms with E-state index < -0.39 is 18.1 Å². The minimum Gasteiger partial charge on any atom is -0.481 e. The standard InChI is InChI=1S/C26H28N4O5/c1-30(12-6-11-24(31)32)25(33)23(13-17-14-27-16-28-17)29-26(34)35-15-22-20-9-4-2-7-18(20)19-8-3-5-10-21(19)22/h2-5,7-10,14,16,22-23H,6,11-13,15H2,1H3,(H,27,28)(H,29,34)(H,31,32)/t23-/m1/s1. The van der Waals surface area contributed by atoms with Crippen molar-refractivity contribution in [3.05, 3.63) is 77.9 Å². The molecule has 3 N–H and O–H groups in total. The Morgan fingerprint density at radius 1 is 1.11 bits per heavy atom. The molecular weight excluding hydrogens is 448 g/mol. The quantitative estimate of drug-likeness (QED) is 0.413. The third-order valence-electron chi connectivity index (χ3n) is 6.17. The second kappa shape index (κ2) is 10.9. The van der Waals surface area contributed by atoms with Crippen molar-refractivity contribution in [3.8, 4) is 11.1 Å². The molecule has 1 aliphatic rings. The number of nitrogens with zero attached hydrogens (tertiary/aromatic N) is 2. The van der Waals surface area contributed by atoms with Crippen molar-refractivity contribution in [3.63, 3.8) is 0 Å². The van der Waals surface area contributed by atoms with Gasteiger partial charge in [0.15, 0.2) is 0 Å². The Morgan fingerprint density at radius 3 is 2.37 bits per heavy atom. The number of aromatic nitrogens is 2. The van der Waals surface area contributed by atoms with E-state index in [1.54, 1.807) is 13.2 Å². The van der Waals surface area contributed by atoms with Crippen molar-refractivity contribution in [1.82, 2.24) is 20.2 Å². The number of carboxylic acids is 1. The summed E-state index contributed by atoms with van der Waals surface area (Å²) in [5.41, 5.74) is 5.15. The van der Waals surface area contributed by atoms with E-state index in [9.17, 15) is 14.4 Å². The van der Waals surface area contributed by atoms with Gasteiger partial charge in [0.1, 0.15) is 12.6 Å². The predicted molar refractivity (Wildman–Crippen MR) is 129 cm³/mol. The number of alkyl carbamates (subject to hydrolysis) is 1. The van der Waals surface area contributed by atoms with Crippen LogP contribution >= 0.6 is 0 Å². The average Bonchev–Trinajstić information content (AvgIpc) is 3.47. The number of imidazole rings is 1. The van der Waals surface area contributed by atoms with Crippen LogP contribution in [-0.4, -0.2) is 64.2 Å². The van der Waals surface area contributed by atoms with E-state index in [1.165, 1.54) is 11.2 Å². The first-order valence-electron chi connectivity index (χ1n) is 11.5. The molecule has 1 aromatic heterocycles. The monoisotopic (exact) mass is 476 g/mol. The van der Waals surface area contributed by atoms with Gasteiger partial charge in [-0.15, -0.1) is 0 Å². The van der Waals surface area contributed by atoms with Gasteiger partial charge in [-0.2, -0.15) is 0 Å². The van der Waals surface area contributed by atoms with Gasteiger partial charge in [-0.3, -0.25) is 9.59 Å². The Labute approximate surface area is 203 Å². The van der Waals surface area contributed by atoms with Gasteiger partial charge in [0.05, 0.1) is 6.33 Å². The molecule has 1 aliphatic carbocycles. The van der Waals surface area contributed by atoms with Crippen LogP contribution in [0.15, 0.2) is 61.1 Å². The SMILES string of the molecule is CN(CCCC(=O)O)C(=O)[C@@H](Cc1cnc[nH]1)NC(=O)OCC1c2ccccc2-c2ccccc21. The van der Waals surface area contributed by atoms with Crippen molar-refractivity contribution in [1.29, 1.82) is 0 Å². The van der Waals surface area contributed by atoms with E-state index in [2.05, 4.69) is 27.4 Å². The number of rotatable bonds is 10. The highest BCUT2D eigenvalue weighted by Gasteiger charge is 2.30. The van der Waals surface area contributed by atoms with E-state index in [4.69, 9.17) is 9.84 Å². The molecule has 0 bridgehead atoms. The lowest BCUT2D eigenvalue weighted by atomic mass is 9.98. The number of hydrogen-bond donors (Lipinski definition) is 3. The fraction of sp³-hybridized carbons (Fsp3) is 0.308. The maximum Gasteiger partial charge on any atom is 0.407 e. The number of fused-ring (bicyclic) bond motifs is 3. The van der Waals surface area contributed by atoms with Crippen LogP contribution < -0.4 is 5.32 Å². The molecule has 9 nitrogen and oxygen atoms in total. The molecule has 0 radical (unpaired) electrons. The summed E-state index contributed by atoms with van der Waals surface area (Å²) in [5.74, 6) is -1.34. The normalized spacial score (nSPS) is 12.9. The van der Waals surface area contributed by atoms with Gasteiger partial charge in [-0.1, -0.05) is 48.5 Å². The summed E-state index contributed by atoms with van der Waals surface area (Å²) in [5, 5.41) is 11.5. The summed E-state index contributed by atoms with van der Waals surface area (Å²) in [7, 11) is 1.59. The molecule has 35 heavy (non-hydrogen) atoms. The molecule has 0 fully saturated rings. The Hall–Kier alpha value is -4.14. The van der Waals surface area contributed by atoms with Crippen molar-refractivity contribution < 1.29 is 24.2 Å². The zero-order valence-corrected chi connectivity index (χ0v) is 19.4. The number of carbonyl (C=O) groups is 3. The molecule has 4 rings (SSSR count). The van der Waals surface area contributed by atoms with Crippen LogP contribution in [0.5, 0.6) is 0 Å². The van der Waals surface area contributed by atoms with Crippen LogP contribution in [0.25, 0.3) is 11.1 Å². The number of aromatic amines is 1. The molecule has 0 saturated heterocycles. The minimum atomic E-state index is -0.920. The molecule has 0 aliphatic heterocycles. The van der Waals surface area contributed by atoms with E-state index in [-0.39, 0.29) is 37.8 Å². The topological polar surface area (TPSA) is 125 Å². The Morgan fingerprint density at radius 2 is 1.77 bits per heavy atom. The maximum atomic E-state index is 13.0. The molecule has 2 amide bonds. The van der Waals surface area contributed by atoms with Gasteiger partial charge in [0, 0.05) is 44.2 Å². The molecule has 1 heterocycles. The molecule has 182 valence electrons. The summed E-state index contributed by atoms with van der Waals surface area (Å²) in [4.78, 5) is 44.9. The number of aliphatic carboxylic acids is 1. The second-order valence-electron chi connectivity index (χ2n) is 8.56. The molecule has 3 aromatic rings. The number of carboxylic acid groups (broad SMARTS) is 1. The molecule has 2 aromatic carbocycles. The molecule has 0 saturated carbocycles. The summed E-state index contributed by atoms with van der Waals surface area (Å²) < 4.78 is 5.61. The number of ether oxygens (including phenoxy) is 1. The number of hydrogen-bond acceptors (Lipinski definition) is 5. The number of likely N-dealkylation sites (N-methyl/N-ethyl adjacent to an activating group) is 1. The van der Waals surface area contributed by atoms with Crippen LogP contribution in [0, 0.1) is 0 Å². The Balaban J connectivity index is 1.41. The van der Waals surface area contributed by atoms with E-state index >= 15 is 0 Å². The highest BCUT2D eigenvalue weighted by atomic mass is 16.5. The molecular formula is C26H28N4O5. The lowest BCUT2D eigenvalue weighted by molar-refractivity contribution is -0.138. The van der Waals surface area contributed by atoms with Crippen molar-refractivity contribution in [2.45, 2.75) is 31.2 Å². The van der Waals surface area contributed by atoms with Gasteiger partial charge in [-0.05, 0) is 28.7 Å². The fourth-order valence-corrected chi connectivity index (χ4v) is 4.44. The fourth-order valence-electron chi connectivity index (χ4n) is 4.44. The number of nitrogens with one attached hydrogen (secondary N) is 2. The summed E-state index contributed by atoms with van der Waals surface area (Å²) in [6.07, 6.45) is 2.88. The third-order valence-corrected chi connectivity index (χ3v) is 6.17. The smallest absolute Gasteiger partial charge is 0.407 e. The first-order chi connectivity index (χ1) is 16.9. The lowest BCUT2D eigenvalue weighted by Gasteiger charge is -2.24. The molecule has 0 unspecified atom stereocenters. The zero-order valence-electron chi connectivity index (χ0n) is 19.4. The van der Waals surface area contributed by atoms with Gasteiger partial charge in [0.25, 0.3) is 0 Å². The summed E-state index contributed by atoms with van der Waals surface area (Å²) in [6.45, 7) is 0.399. The van der Waals surface area contributed by atoms with Crippen molar-refractivity contribution in [2.24, 2.45) is 0 Å². The van der Waals surface area contributed by atoms with E-state index in [1.807, 2.05) is 36.4 Å². The van der Waals surface area contributed by atoms with Crippen LogP contribution in [-0.2, 0) is 20.7 Å². The predicted octanol–water partition coefficient (Wildman–Crippen LogP) is 3.18. The van der Waals surface area contributed by atoms with Crippen LogP contribution in [0.1, 0.15) is 35.6 Å². The second-order valence-corrected chi connectivity index (χ2v) is 8.56. The zero-order chi connectivity index (χ0) is 24.8.